The van der Waals surface area contributed by atoms with Gasteiger partial charge in [-0.1, -0.05) is 41.2 Å². The SMILES string of the molecule is Cc1ccc(CNCC(=O)Nc2nncs2)cc1. The van der Waals surface area contributed by atoms with Gasteiger partial charge in [-0.05, 0) is 12.5 Å². The molecule has 6 heteroatoms. The first-order valence-corrected chi connectivity index (χ1v) is 6.44. The molecular weight excluding hydrogens is 248 g/mol. The van der Waals surface area contributed by atoms with Crippen LogP contribution in [0.15, 0.2) is 29.8 Å². The molecule has 1 heterocycles. The lowest BCUT2D eigenvalue weighted by Crippen LogP contribution is -2.27. The number of rotatable bonds is 5. The van der Waals surface area contributed by atoms with Crippen LogP contribution < -0.4 is 10.6 Å². The highest BCUT2D eigenvalue weighted by atomic mass is 32.1. The van der Waals surface area contributed by atoms with Crippen molar-refractivity contribution in [3.63, 3.8) is 0 Å². The van der Waals surface area contributed by atoms with Crippen LogP contribution in [0.1, 0.15) is 11.1 Å². The summed E-state index contributed by atoms with van der Waals surface area (Å²) in [6.07, 6.45) is 0. The molecular formula is C12H14N4OS. The average Bonchev–Trinajstić information content (AvgIpc) is 2.84. The zero-order chi connectivity index (χ0) is 12.8. The number of benzene rings is 1. The van der Waals surface area contributed by atoms with Crippen LogP contribution in [0, 0.1) is 6.92 Å². The number of aromatic nitrogens is 2. The topological polar surface area (TPSA) is 66.9 Å². The summed E-state index contributed by atoms with van der Waals surface area (Å²) in [5.41, 5.74) is 3.96. The van der Waals surface area contributed by atoms with Gasteiger partial charge in [0.15, 0.2) is 0 Å². The average molecular weight is 262 g/mol. The van der Waals surface area contributed by atoms with Crippen molar-refractivity contribution in [3.8, 4) is 0 Å². The van der Waals surface area contributed by atoms with Gasteiger partial charge in [0, 0.05) is 6.54 Å². The fraction of sp³-hybridized carbons (Fsp3) is 0.250. The number of hydrogen-bond donors (Lipinski definition) is 2. The van der Waals surface area contributed by atoms with Crippen LogP contribution in [0.5, 0.6) is 0 Å². The van der Waals surface area contributed by atoms with Gasteiger partial charge in [0.25, 0.3) is 0 Å². The van der Waals surface area contributed by atoms with Crippen LogP contribution in [-0.2, 0) is 11.3 Å². The summed E-state index contributed by atoms with van der Waals surface area (Å²) in [5.74, 6) is -0.112. The Morgan fingerprint density at radius 1 is 1.33 bits per heavy atom. The highest BCUT2D eigenvalue weighted by Gasteiger charge is 2.03. The molecule has 0 bridgehead atoms. The van der Waals surface area contributed by atoms with E-state index in [1.165, 1.54) is 16.9 Å². The maximum atomic E-state index is 11.5. The molecule has 5 nitrogen and oxygen atoms in total. The lowest BCUT2D eigenvalue weighted by Gasteiger charge is -2.05. The zero-order valence-corrected chi connectivity index (χ0v) is 10.8. The number of amides is 1. The lowest BCUT2D eigenvalue weighted by molar-refractivity contribution is -0.115. The van der Waals surface area contributed by atoms with E-state index >= 15 is 0 Å². The van der Waals surface area contributed by atoms with Gasteiger partial charge >= 0.3 is 0 Å². The largest absolute Gasteiger partial charge is 0.304 e. The van der Waals surface area contributed by atoms with E-state index in [1.54, 1.807) is 5.51 Å². The molecule has 1 amide bonds. The summed E-state index contributed by atoms with van der Waals surface area (Å²) in [4.78, 5) is 11.5. The summed E-state index contributed by atoms with van der Waals surface area (Å²) < 4.78 is 0. The third kappa shape index (κ3) is 3.90. The van der Waals surface area contributed by atoms with Crippen molar-refractivity contribution in [2.45, 2.75) is 13.5 Å². The smallest absolute Gasteiger partial charge is 0.240 e. The van der Waals surface area contributed by atoms with Gasteiger partial charge in [-0.3, -0.25) is 10.1 Å². The van der Waals surface area contributed by atoms with E-state index in [0.717, 1.165) is 5.56 Å². The summed E-state index contributed by atoms with van der Waals surface area (Å²) in [5, 5.41) is 13.6. The molecule has 0 spiro atoms. The first kappa shape index (κ1) is 12.7. The van der Waals surface area contributed by atoms with E-state index in [4.69, 9.17) is 0 Å². The van der Waals surface area contributed by atoms with Gasteiger partial charge in [-0.15, -0.1) is 10.2 Å². The van der Waals surface area contributed by atoms with Gasteiger partial charge in [0.05, 0.1) is 6.54 Å². The number of nitrogens with one attached hydrogen (secondary N) is 2. The van der Waals surface area contributed by atoms with Crippen molar-refractivity contribution in [2.24, 2.45) is 0 Å². The van der Waals surface area contributed by atoms with Crippen molar-refractivity contribution in [3.05, 3.63) is 40.9 Å². The Kier molecular flexibility index (Phi) is 4.38. The molecule has 94 valence electrons. The molecule has 0 aliphatic carbocycles. The molecule has 0 saturated heterocycles. The van der Waals surface area contributed by atoms with Gasteiger partial charge in [0.1, 0.15) is 5.51 Å². The Morgan fingerprint density at radius 2 is 2.11 bits per heavy atom. The van der Waals surface area contributed by atoms with Crippen LogP contribution in [0.2, 0.25) is 0 Å². The van der Waals surface area contributed by atoms with Crippen LogP contribution in [0.3, 0.4) is 0 Å². The molecule has 0 radical (unpaired) electrons. The molecule has 0 unspecified atom stereocenters. The van der Waals surface area contributed by atoms with Crippen LogP contribution in [-0.4, -0.2) is 22.6 Å². The van der Waals surface area contributed by atoms with Crippen molar-refractivity contribution >= 4 is 22.4 Å². The maximum Gasteiger partial charge on any atom is 0.240 e. The van der Waals surface area contributed by atoms with Gasteiger partial charge in [0.2, 0.25) is 11.0 Å². The summed E-state index contributed by atoms with van der Waals surface area (Å²) in [6, 6.07) is 8.20. The second kappa shape index (κ2) is 6.23. The molecule has 2 N–H and O–H groups in total. The molecule has 2 aromatic rings. The van der Waals surface area contributed by atoms with E-state index in [0.29, 0.717) is 11.7 Å². The third-order valence-electron chi connectivity index (χ3n) is 2.34. The predicted octanol–water partition coefficient (Wildman–Crippen LogP) is 1.57. The van der Waals surface area contributed by atoms with Crippen LogP contribution >= 0.6 is 11.3 Å². The minimum absolute atomic E-state index is 0.112. The second-order valence-electron chi connectivity index (χ2n) is 3.88. The first-order chi connectivity index (χ1) is 8.74. The predicted molar refractivity (Wildman–Crippen MR) is 71.4 cm³/mol. The number of carbonyl (C=O) groups excluding carboxylic acids is 1. The van der Waals surface area contributed by atoms with Crippen molar-refractivity contribution in [2.75, 3.05) is 11.9 Å². The van der Waals surface area contributed by atoms with Crippen molar-refractivity contribution in [1.82, 2.24) is 15.5 Å². The van der Waals surface area contributed by atoms with Gasteiger partial charge < -0.3 is 5.32 Å². The summed E-state index contributed by atoms with van der Waals surface area (Å²) in [7, 11) is 0. The normalized spacial score (nSPS) is 10.3. The number of carbonyl (C=O) groups is 1. The minimum Gasteiger partial charge on any atom is -0.304 e. The Hall–Kier alpha value is -1.79. The Balaban J connectivity index is 1.72. The highest BCUT2D eigenvalue weighted by molar-refractivity contribution is 7.13. The van der Waals surface area contributed by atoms with E-state index in [1.807, 2.05) is 19.1 Å². The van der Waals surface area contributed by atoms with E-state index in [-0.39, 0.29) is 12.5 Å². The lowest BCUT2D eigenvalue weighted by atomic mass is 10.1. The molecule has 0 fully saturated rings. The van der Waals surface area contributed by atoms with Crippen molar-refractivity contribution < 1.29 is 4.79 Å². The molecule has 18 heavy (non-hydrogen) atoms. The molecule has 0 saturated carbocycles. The first-order valence-electron chi connectivity index (χ1n) is 5.56. The Bertz CT molecular complexity index is 495. The number of aryl methyl sites for hydroxylation is 1. The molecule has 2 rings (SSSR count). The molecule has 0 aliphatic heterocycles. The minimum atomic E-state index is -0.112. The van der Waals surface area contributed by atoms with Crippen LogP contribution in [0.4, 0.5) is 5.13 Å². The summed E-state index contributed by atoms with van der Waals surface area (Å²) >= 11 is 1.30. The number of hydrogen-bond acceptors (Lipinski definition) is 5. The monoisotopic (exact) mass is 262 g/mol. The fourth-order valence-corrected chi connectivity index (χ4v) is 1.88. The highest BCUT2D eigenvalue weighted by Crippen LogP contribution is 2.07. The van der Waals surface area contributed by atoms with Gasteiger partial charge in [-0.2, -0.15) is 0 Å². The number of nitrogens with zero attached hydrogens (tertiary/aromatic N) is 2. The second-order valence-corrected chi connectivity index (χ2v) is 4.71. The molecule has 1 aromatic heterocycles. The molecule has 0 atom stereocenters. The van der Waals surface area contributed by atoms with E-state index < -0.39 is 0 Å². The Morgan fingerprint density at radius 3 is 2.78 bits per heavy atom. The molecule has 0 aliphatic rings. The van der Waals surface area contributed by atoms with E-state index in [2.05, 4.69) is 33.0 Å². The third-order valence-corrected chi connectivity index (χ3v) is 2.95. The number of anilines is 1. The van der Waals surface area contributed by atoms with Gasteiger partial charge in [-0.25, -0.2) is 0 Å². The maximum absolute atomic E-state index is 11.5. The zero-order valence-electron chi connectivity index (χ0n) is 10.0. The standard InChI is InChI=1S/C12H14N4OS/c1-9-2-4-10(5-3-9)6-13-7-11(17)15-12-16-14-8-18-12/h2-5,8,13H,6-7H2,1H3,(H,15,16,17). The van der Waals surface area contributed by atoms with E-state index in [9.17, 15) is 4.79 Å². The quantitative estimate of drug-likeness (QED) is 0.858. The van der Waals surface area contributed by atoms with Crippen molar-refractivity contribution in [1.29, 1.82) is 0 Å². The Labute approximate surface area is 109 Å². The molecule has 1 aromatic carbocycles. The fourth-order valence-electron chi connectivity index (χ4n) is 1.42. The van der Waals surface area contributed by atoms with Crippen LogP contribution in [0.25, 0.3) is 0 Å². The summed E-state index contributed by atoms with van der Waals surface area (Å²) in [6.45, 7) is 2.98.